The molecular weight excluding hydrogens is 296 g/mol. The van der Waals surface area contributed by atoms with E-state index in [9.17, 15) is 4.79 Å². The minimum Gasteiger partial charge on any atom is -0.338 e. The maximum Gasteiger partial charge on any atom is 0.314 e. The lowest BCUT2D eigenvalue weighted by Crippen LogP contribution is -2.36. The second-order valence-electron chi connectivity index (χ2n) is 7.13. The third-order valence-corrected chi connectivity index (χ3v) is 4.63. The van der Waals surface area contributed by atoms with Crippen molar-refractivity contribution in [2.75, 3.05) is 13.1 Å². The van der Waals surface area contributed by atoms with Crippen LogP contribution in [0.3, 0.4) is 0 Å². The van der Waals surface area contributed by atoms with Gasteiger partial charge in [0.15, 0.2) is 0 Å². The predicted octanol–water partition coefficient (Wildman–Crippen LogP) is 6.57. The van der Waals surface area contributed by atoms with E-state index >= 15 is 0 Å². The van der Waals surface area contributed by atoms with Crippen LogP contribution in [0.4, 0.5) is 4.79 Å². The Morgan fingerprint density at radius 2 is 0.792 bits per heavy atom. The van der Waals surface area contributed by atoms with E-state index in [2.05, 4.69) is 24.5 Å². The molecule has 0 aliphatic rings. The molecule has 0 aromatic heterocycles. The van der Waals surface area contributed by atoms with Gasteiger partial charge in [0.25, 0.3) is 0 Å². The highest BCUT2D eigenvalue weighted by atomic mass is 16.2. The molecule has 0 radical (unpaired) electrons. The molecule has 0 aromatic rings. The highest BCUT2D eigenvalue weighted by Gasteiger charge is 1.98. The molecule has 3 heteroatoms. The van der Waals surface area contributed by atoms with Gasteiger partial charge in [0.2, 0.25) is 0 Å². The van der Waals surface area contributed by atoms with Crippen LogP contribution in [0.1, 0.15) is 117 Å². The van der Waals surface area contributed by atoms with Gasteiger partial charge in [0, 0.05) is 13.1 Å². The molecular formula is C21H44N2O. The van der Waals surface area contributed by atoms with E-state index in [4.69, 9.17) is 0 Å². The van der Waals surface area contributed by atoms with Gasteiger partial charge in [-0.05, 0) is 12.8 Å². The van der Waals surface area contributed by atoms with E-state index in [0.29, 0.717) is 0 Å². The van der Waals surface area contributed by atoms with E-state index < -0.39 is 0 Å². The van der Waals surface area contributed by atoms with Gasteiger partial charge in [-0.1, -0.05) is 104 Å². The molecule has 0 atom stereocenters. The van der Waals surface area contributed by atoms with Crippen molar-refractivity contribution >= 4 is 6.03 Å². The molecule has 0 heterocycles. The first-order valence-electron chi connectivity index (χ1n) is 10.8. The third kappa shape index (κ3) is 19.3. The summed E-state index contributed by atoms with van der Waals surface area (Å²) in [6, 6.07) is 0.0134. The van der Waals surface area contributed by atoms with Crippen molar-refractivity contribution in [3.05, 3.63) is 0 Å². The number of urea groups is 1. The van der Waals surface area contributed by atoms with Gasteiger partial charge in [-0.3, -0.25) is 0 Å². The quantitative estimate of drug-likeness (QED) is 0.272. The Morgan fingerprint density at radius 1 is 0.500 bits per heavy atom. The molecule has 24 heavy (non-hydrogen) atoms. The lowest BCUT2D eigenvalue weighted by atomic mass is 10.1. The Kier molecular flexibility index (Phi) is 19.7. The largest absolute Gasteiger partial charge is 0.338 e. The SMILES string of the molecule is CCCCCCCCCCCCNC(=O)NCCCCCCCC. The van der Waals surface area contributed by atoms with Crippen LogP contribution in [0, 0.1) is 0 Å². The molecule has 2 amide bonds. The zero-order chi connectivity index (χ0) is 17.7. The van der Waals surface area contributed by atoms with Crippen LogP contribution >= 0.6 is 0 Å². The molecule has 0 bridgehead atoms. The van der Waals surface area contributed by atoms with Crippen molar-refractivity contribution in [2.24, 2.45) is 0 Å². The fourth-order valence-corrected chi connectivity index (χ4v) is 2.98. The molecule has 0 aliphatic carbocycles. The Balaban J connectivity index is 3.12. The van der Waals surface area contributed by atoms with Gasteiger partial charge in [-0.2, -0.15) is 0 Å². The number of nitrogens with one attached hydrogen (secondary N) is 2. The Labute approximate surface area is 151 Å². The maximum atomic E-state index is 11.6. The van der Waals surface area contributed by atoms with E-state index in [1.807, 2.05) is 0 Å². The number of unbranched alkanes of at least 4 members (excludes halogenated alkanes) is 14. The standard InChI is InChI=1S/C21H44N2O/c1-3-5-7-9-11-12-13-14-16-18-20-23-21(24)22-19-17-15-10-8-6-4-2/h3-20H2,1-2H3,(H2,22,23,24). The summed E-state index contributed by atoms with van der Waals surface area (Å²) in [4.78, 5) is 11.6. The summed E-state index contributed by atoms with van der Waals surface area (Å²) >= 11 is 0. The molecule has 0 saturated heterocycles. The minimum atomic E-state index is 0.0134. The summed E-state index contributed by atoms with van der Waals surface area (Å²) in [5.41, 5.74) is 0. The van der Waals surface area contributed by atoms with Crippen LogP contribution < -0.4 is 10.6 Å². The molecule has 0 rings (SSSR count). The first-order valence-corrected chi connectivity index (χ1v) is 10.8. The van der Waals surface area contributed by atoms with Crippen LogP contribution in [-0.2, 0) is 0 Å². The number of hydrogen-bond donors (Lipinski definition) is 2. The number of carbonyl (C=O) groups excluding carboxylic acids is 1. The molecule has 0 spiro atoms. The Hall–Kier alpha value is -0.730. The lowest BCUT2D eigenvalue weighted by Gasteiger charge is -2.07. The van der Waals surface area contributed by atoms with Gasteiger partial charge in [0.05, 0.1) is 0 Å². The smallest absolute Gasteiger partial charge is 0.314 e. The van der Waals surface area contributed by atoms with E-state index in [-0.39, 0.29) is 6.03 Å². The predicted molar refractivity (Wildman–Crippen MR) is 107 cm³/mol. The van der Waals surface area contributed by atoms with Crippen molar-refractivity contribution < 1.29 is 4.79 Å². The fraction of sp³-hybridized carbons (Fsp3) is 0.952. The summed E-state index contributed by atoms with van der Waals surface area (Å²) in [6.07, 6.45) is 21.0. The van der Waals surface area contributed by atoms with Gasteiger partial charge in [-0.25, -0.2) is 4.79 Å². The van der Waals surface area contributed by atoms with Gasteiger partial charge >= 0.3 is 6.03 Å². The van der Waals surface area contributed by atoms with Crippen LogP contribution in [0.15, 0.2) is 0 Å². The Morgan fingerprint density at radius 3 is 1.12 bits per heavy atom. The Bertz CT molecular complexity index is 256. The molecule has 0 saturated carbocycles. The van der Waals surface area contributed by atoms with Crippen molar-refractivity contribution in [3.63, 3.8) is 0 Å². The maximum absolute atomic E-state index is 11.6. The summed E-state index contributed by atoms with van der Waals surface area (Å²) in [7, 11) is 0. The molecule has 0 aromatic carbocycles. The molecule has 2 N–H and O–H groups in total. The second-order valence-corrected chi connectivity index (χ2v) is 7.13. The molecule has 3 nitrogen and oxygen atoms in total. The summed E-state index contributed by atoms with van der Waals surface area (Å²) in [6.45, 7) is 6.14. The zero-order valence-corrected chi connectivity index (χ0v) is 16.6. The van der Waals surface area contributed by atoms with E-state index in [0.717, 1.165) is 25.9 Å². The average Bonchev–Trinajstić information content (AvgIpc) is 2.59. The third-order valence-electron chi connectivity index (χ3n) is 4.63. The van der Waals surface area contributed by atoms with Crippen LogP contribution in [0.25, 0.3) is 0 Å². The molecule has 0 unspecified atom stereocenters. The van der Waals surface area contributed by atoms with Crippen molar-refractivity contribution in [1.82, 2.24) is 10.6 Å². The monoisotopic (exact) mass is 340 g/mol. The van der Waals surface area contributed by atoms with Crippen LogP contribution in [-0.4, -0.2) is 19.1 Å². The number of hydrogen-bond acceptors (Lipinski definition) is 1. The normalized spacial score (nSPS) is 10.8. The minimum absolute atomic E-state index is 0.0134. The van der Waals surface area contributed by atoms with Gasteiger partial charge in [-0.15, -0.1) is 0 Å². The topological polar surface area (TPSA) is 41.1 Å². The first kappa shape index (κ1) is 23.3. The molecule has 0 fully saturated rings. The lowest BCUT2D eigenvalue weighted by molar-refractivity contribution is 0.240. The van der Waals surface area contributed by atoms with E-state index in [1.54, 1.807) is 0 Å². The van der Waals surface area contributed by atoms with Crippen molar-refractivity contribution in [2.45, 2.75) is 117 Å². The van der Waals surface area contributed by atoms with Crippen LogP contribution in [0.2, 0.25) is 0 Å². The van der Waals surface area contributed by atoms with Gasteiger partial charge in [0.1, 0.15) is 0 Å². The molecule has 144 valence electrons. The number of rotatable bonds is 18. The summed E-state index contributed by atoms with van der Waals surface area (Å²) in [5, 5.41) is 5.93. The van der Waals surface area contributed by atoms with Crippen molar-refractivity contribution in [1.29, 1.82) is 0 Å². The number of carbonyl (C=O) groups is 1. The average molecular weight is 341 g/mol. The van der Waals surface area contributed by atoms with E-state index in [1.165, 1.54) is 89.9 Å². The summed E-state index contributed by atoms with van der Waals surface area (Å²) < 4.78 is 0. The zero-order valence-electron chi connectivity index (χ0n) is 16.6. The highest BCUT2D eigenvalue weighted by Crippen LogP contribution is 2.10. The molecule has 0 aliphatic heterocycles. The summed E-state index contributed by atoms with van der Waals surface area (Å²) in [5.74, 6) is 0. The highest BCUT2D eigenvalue weighted by molar-refractivity contribution is 5.73. The number of amides is 2. The van der Waals surface area contributed by atoms with Crippen LogP contribution in [0.5, 0.6) is 0 Å². The first-order chi connectivity index (χ1) is 11.8. The second kappa shape index (κ2) is 20.3. The van der Waals surface area contributed by atoms with Crippen molar-refractivity contribution in [3.8, 4) is 0 Å². The fourth-order valence-electron chi connectivity index (χ4n) is 2.98. The van der Waals surface area contributed by atoms with Gasteiger partial charge < -0.3 is 10.6 Å².